The second-order valence-electron chi connectivity index (χ2n) is 5.08. The molecule has 2 fully saturated rings. The molecule has 2 rings (SSSR count). The fourth-order valence-corrected chi connectivity index (χ4v) is 3.98. The SMILES string of the molecule is CN(C(=O)C1(C)CCCS1)C1CCNCC1. The molecular formula is C12H22N2OS. The van der Waals surface area contributed by atoms with Gasteiger partial charge in [-0.3, -0.25) is 4.79 Å². The van der Waals surface area contributed by atoms with Crippen LogP contribution in [0.3, 0.4) is 0 Å². The van der Waals surface area contributed by atoms with Crippen LogP contribution in [0.15, 0.2) is 0 Å². The Hall–Kier alpha value is -0.220. The van der Waals surface area contributed by atoms with Crippen LogP contribution in [0.5, 0.6) is 0 Å². The lowest BCUT2D eigenvalue weighted by Gasteiger charge is -2.36. The van der Waals surface area contributed by atoms with E-state index in [4.69, 9.17) is 0 Å². The summed E-state index contributed by atoms with van der Waals surface area (Å²) in [6, 6.07) is 0.451. The van der Waals surface area contributed by atoms with Crippen LogP contribution in [0.1, 0.15) is 32.6 Å². The van der Waals surface area contributed by atoms with Gasteiger partial charge in [0.1, 0.15) is 0 Å². The predicted molar refractivity (Wildman–Crippen MR) is 68.8 cm³/mol. The van der Waals surface area contributed by atoms with Gasteiger partial charge in [0.25, 0.3) is 0 Å². The molecule has 0 aromatic heterocycles. The van der Waals surface area contributed by atoms with Crippen LogP contribution >= 0.6 is 11.8 Å². The van der Waals surface area contributed by atoms with E-state index in [1.165, 1.54) is 6.42 Å². The molecule has 2 heterocycles. The van der Waals surface area contributed by atoms with Crippen LogP contribution < -0.4 is 5.32 Å². The maximum absolute atomic E-state index is 12.5. The van der Waals surface area contributed by atoms with E-state index in [2.05, 4.69) is 12.2 Å². The number of amides is 1. The molecule has 0 bridgehead atoms. The Morgan fingerprint density at radius 3 is 2.69 bits per heavy atom. The van der Waals surface area contributed by atoms with Gasteiger partial charge in [-0.25, -0.2) is 0 Å². The van der Waals surface area contributed by atoms with Gasteiger partial charge in [-0.2, -0.15) is 0 Å². The number of carbonyl (C=O) groups is 1. The predicted octanol–water partition coefficient (Wildman–Crippen LogP) is 1.48. The van der Waals surface area contributed by atoms with Crippen molar-refractivity contribution < 1.29 is 4.79 Å². The highest BCUT2D eigenvalue weighted by molar-refractivity contribution is 8.01. The molecule has 16 heavy (non-hydrogen) atoms. The van der Waals surface area contributed by atoms with Crippen molar-refractivity contribution in [2.75, 3.05) is 25.9 Å². The van der Waals surface area contributed by atoms with Crippen molar-refractivity contribution in [3.63, 3.8) is 0 Å². The minimum atomic E-state index is -0.139. The lowest BCUT2D eigenvalue weighted by Crippen LogP contribution is -2.49. The summed E-state index contributed by atoms with van der Waals surface area (Å²) in [5.41, 5.74) is 0. The largest absolute Gasteiger partial charge is 0.341 e. The number of nitrogens with one attached hydrogen (secondary N) is 1. The van der Waals surface area contributed by atoms with Gasteiger partial charge in [-0.15, -0.1) is 11.8 Å². The second kappa shape index (κ2) is 4.96. The first kappa shape index (κ1) is 12.2. The lowest BCUT2D eigenvalue weighted by atomic mass is 10.00. The molecule has 92 valence electrons. The molecule has 4 heteroatoms. The molecule has 0 aromatic carbocycles. The van der Waals surface area contributed by atoms with E-state index < -0.39 is 0 Å². The number of nitrogens with zero attached hydrogens (tertiary/aromatic N) is 1. The van der Waals surface area contributed by atoms with Gasteiger partial charge < -0.3 is 10.2 Å². The van der Waals surface area contributed by atoms with Crippen LogP contribution in [-0.4, -0.2) is 47.5 Å². The summed E-state index contributed by atoms with van der Waals surface area (Å²) in [5, 5.41) is 3.34. The molecule has 2 saturated heterocycles. The molecule has 2 aliphatic heterocycles. The highest BCUT2D eigenvalue weighted by Gasteiger charge is 2.40. The summed E-state index contributed by atoms with van der Waals surface area (Å²) in [6.45, 7) is 4.21. The fourth-order valence-electron chi connectivity index (χ4n) is 2.68. The van der Waals surface area contributed by atoms with Crippen molar-refractivity contribution in [3.05, 3.63) is 0 Å². The van der Waals surface area contributed by atoms with Crippen LogP contribution in [0.25, 0.3) is 0 Å². The maximum atomic E-state index is 12.5. The Kier molecular flexibility index (Phi) is 3.80. The first-order valence-electron chi connectivity index (χ1n) is 6.25. The number of hydrogen-bond donors (Lipinski definition) is 1. The highest BCUT2D eigenvalue weighted by Crippen LogP contribution is 2.39. The fraction of sp³-hybridized carbons (Fsp3) is 0.917. The summed E-state index contributed by atoms with van der Waals surface area (Å²) < 4.78 is -0.139. The number of carbonyl (C=O) groups excluding carboxylic acids is 1. The number of hydrogen-bond acceptors (Lipinski definition) is 3. The Bertz CT molecular complexity index is 258. The van der Waals surface area contributed by atoms with E-state index in [9.17, 15) is 4.79 Å². The summed E-state index contributed by atoms with van der Waals surface area (Å²) in [4.78, 5) is 14.5. The number of piperidine rings is 1. The molecule has 0 aliphatic carbocycles. The van der Waals surface area contributed by atoms with Crippen LogP contribution in [0.2, 0.25) is 0 Å². The monoisotopic (exact) mass is 242 g/mol. The van der Waals surface area contributed by atoms with Crippen LogP contribution in [0.4, 0.5) is 0 Å². The van der Waals surface area contributed by atoms with E-state index in [-0.39, 0.29) is 4.75 Å². The van der Waals surface area contributed by atoms with Crippen LogP contribution in [-0.2, 0) is 4.79 Å². The van der Waals surface area contributed by atoms with Crippen LogP contribution in [0, 0.1) is 0 Å². The van der Waals surface area contributed by atoms with Gasteiger partial charge in [0.15, 0.2) is 0 Å². The summed E-state index contributed by atoms with van der Waals surface area (Å²) in [6.07, 6.45) is 4.44. The molecule has 3 nitrogen and oxygen atoms in total. The van der Waals surface area contributed by atoms with E-state index in [0.29, 0.717) is 11.9 Å². The number of rotatable bonds is 2. The Morgan fingerprint density at radius 2 is 2.12 bits per heavy atom. The third-order valence-corrected chi connectivity index (χ3v) is 5.36. The van der Waals surface area contributed by atoms with E-state index >= 15 is 0 Å². The normalized spacial score (nSPS) is 31.6. The Morgan fingerprint density at radius 1 is 1.44 bits per heavy atom. The maximum Gasteiger partial charge on any atom is 0.238 e. The minimum Gasteiger partial charge on any atom is -0.341 e. The van der Waals surface area contributed by atoms with Gasteiger partial charge in [0.2, 0.25) is 5.91 Å². The zero-order chi connectivity index (χ0) is 11.6. The topological polar surface area (TPSA) is 32.3 Å². The molecule has 0 saturated carbocycles. The molecule has 0 spiro atoms. The van der Waals surface area contributed by atoms with Crippen molar-refractivity contribution >= 4 is 17.7 Å². The highest BCUT2D eigenvalue weighted by atomic mass is 32.2. The van der Waals surface area contributed by atoms with Gasteiger partial charge in [0.05, 0.1) is 4.75 Å². The van der Waals surface area contributed by atoms with Gasteiger partial charge >= 0.3 is 0 Å². The van der Waals surface area contributed by atoms with Gasteiger partial charge in [-0.05, 0) is 51.4 Å². The third-order valence-electron chi connectivity index (χ3n) is 3.85. The standard InChI is InChI=1S/C12H22N2OS/c1-12(6-3-9-16-12)11(15)14(2)10-4-7-13-8-5-10/h10,13H,3-9H2,1-2H3. The lowest BCUT2D eigenvalue weighted by molar-refractivity contribution is -0.134. The zero-order valence-electron chi connectivity index (χ0n) is 10.3. The van der Waals surface area contributed by atoms with E-state index in [1.807, 2.05) is 23.7 Å². The van der Waals surface area contributed by atoms with E-state index in [0.717, 1.165) is 38.1 Å². The zero-order valence-corrected chi connectivity index (χ0v) is 11.1. The van der Waals surface area contributed by atoms with Gasteiger partial charge in [-0.1, -0.05) is 0 Å². The molecule has 1 N–H and O–H groups in total. The average Bonchev–Trinajstić information content (AvgIpc) is 2.77. The first-order valence-corrected chi connectivity index (χ1v) is 7.24. The molecule has 2 aliphatic rings. The van der Waals surface area contributed by atoms with E-state index in [1.54, 1.807) is 0 Å². The average molecular weight is 242 g/mol. The minimum absolute atomic E-state index is 0.139. The summed E-state index contributed by atoms with van der Waals surface area (Å²) in [7, 11) is 1.99. The summed E-state index contributed by atoms with van der Waals surface area (Å²) >= 11 is 1.84. The van der Waals surface area contributed by atoms with Crippen molar-refractivity contribution in [2.45, 2.75) is 43.4 Å². The molecule has 1 amide bonds. The Balaban J connectivity index is 1.97. The number of thioether (sulfide) groups is 1. The molecule has 0 aromatic rings. The smallest absolute Gasteiger partial charge is 0.238 e. The second-order valence-corrected chi connectivity index (χ2v) is 6.68. The quantitative estimate of drug-likeness (QED) is 0.796. The van der Waals surface area contributed by atoms with Crippen molar-refractivity contribution in [3.8, 4) is 0 Å². The summed E-state index contributed by atoms with van der Waals surface area (Å²) in [5.74, 6) is 1.49. The van der Waals surface area contributed by atoms with Crippen molar-refractivity contribution in [1.82, 2.24) is 10.2 Å². The van der Waals surface area contributed by atoms with Crippen molar-refractivity contribution in [2.24, 2.45) is 0 Å². The third kappa shape index (κ3) is 2.38. The Labute approximate surface area is 102 Å². The van der Waals surface area contributed by atoms with Crippen molar-refractivity contribution in [1.29, 1.82) is 0 Å². The van der Waals surface area contributed by atoms with Gasteiger partial charge in [0, 0.05) is 13.1 Å². The molecule has 0 radical (unpaired) electrons. The molecular weight excluding hydrogens is 220 g/mol. The first-order chi connectivity index (χ1) is 7.63. The molecule has 1 atom stereocenters. The molecule has 1 unspecified atom stereocenters.